The Balaban J connectivity index is 1.49. The summed E-state index contributed by atoms with van der Waals surface area (Å²) in [4.78, 5) is 8.87. The van der Waals surface area contributed by atoms with E-state index in [1.54, 1.807) is 6.33 Å². The second-order valence-electron chi connectivity index (χ2n) is 7.56. The van der Waals surface area contributed by atoms with Gasteiger partial charge in [-0.25, -0.2) is 9.97 Å². The zero-order valence-electron chi connectivity index (χ0n) is 15.9. The van der Waals surface area contributed by atoms with Crippen molar-refractivity contribution in [2.75, 3.05) is 5.32 Å². The molecular formula is C23H22N4O2. The van der Waals surface area contributed by atoms with Crippen LogP contribution in [0.25, 0.3) is 22.0 Å². The number of aromatic hydroxyl groups is 2. The summed E-state index contributed by atoms with van der Waals surface area (Å²) in [5, 5.41) is 24.4. The predicted octanol–water partition coefficient (Wildman–Crippen LogP) is 4.52. The fourth-order valence-electron chi connectivity index (χ4n) is 3.74. The minimum atomic E-state index is 0.0440. The van der Waals surface area contributed by atoms with Gasteiger partial charge in [0.2, 0.25) is 0 Å². The third kappa shape index (κ3) is 3.38. The fraction of sp³-hybridized carbons (Fsp3) is 0.217. The van der Waals surface area contributed by atoms with Crippen LogP contribution in [0.3, 0.4) is 0 Å². The summed E-state index contributed by atoms with van der Waals surface area (Å²) < 4.78 is 1.47. The average molecular weight is 386 g/mol. The van der Waals surface area contributed by atoms with Crippen molar-refractivity contribution in [3.8, 4) is 22.9 Å². The Morgan fingerprint density at radius 2 is 1.72 bits per heavy atom. The average Bonchev–Trinajstić information content (AvgIpc) is 3.02. The minimum Gasteiger partial charge on any atom is -0.494 e. The second-order valence-corrected chi connectivity index (χ2v) is 7.56. The molecular weight excluding hydrogens is 364 g/mol. The van der Waals surface area contributed by atoms with Crippen LogP contribution in [0.15, 0.2) is 60.9 Å². The molecule has 4 aromatic rings. The Morgan fingerprint density at radius 1 is 0.931 bits per heavy atom. The van der Waals surface area contributed by atoms with Gasteiger partial charge in [0.25, 0.3) is 0 Å². The highest BCUT2D eigenvalue weighted by Crippen LogP contribution is 2.30. The smallest absolute Gasteiger partial charge is 0.194 e. The molecule has 1 aliphatic carbocycles. The molecule has 6 nitrogen and oxygen atoms in total. The van der Waals surface area contributed by atoms with Gasteiger partial charge in [-0.15, -0.1) is 0 Å². The van der Waals surface area contributed by atoms with Gasteiger partial charge < -0.3 is 15.5 Å². The molecule has 2 aromatic heterocycles. The Hall–Kier alpha value is -3.54. The van der Waals surface area contributed by atoms with E-state index >= 15 is 0 Å². The van der Waals surface area contributed by atoms with E-state index in [-0.39, 0.29) is 11.8 Å². The molecule has 1 saturated carbocycles. The number of aromatic nitrogens is 3. The van der Waals surface area contributed by atoms with Crippen molar-refractivity contribution in [3.63, 3.8) is 0 Å². The van der Waals surface area contributed by atoms with Gasteiger partial charge in [-0.2, -0.15) is 0 Å². The van der Waals surface area contributed by atoms with Gasteiger partial charge in [0.05, 0.1) is 12.1 Å². The van der Waals surface area contributed by atoms with Crippen LogP contribution in [0, 0.1) is 0 Å². The molecule has 3 N–H and O–H groups in total. The molecule has 0 radical (unpaired) electrons. The molecule has 2 heterocycles. The maximum atomic E-state index is 9.91. The maximum Gasteiger partial charge on any atom is 0.194 e. The summed E-state index contributed by atoms with van der Waals surface area (Å²) in [5.41, 5.74) is 4.05. The van der Waals surface area contributed by atoms with Crippen LogP contribution >= 0.6 is 0 Å². The minimum absolute atomic E-state index is 0.0440. The molecule has 5 rings (SSSR count). The lowest BCUT2D eigenvalue weighted by molar-refractivity contribution is 0.377. The molecule has 0 saturated heterocycles. The summed E-state index contributed by atoms with van der Waals surface area (Å²) in [6, 6.07) is 17.8. The molecule has 0 amide bonds. The molecule has 1 aliphatic rings. The highest BCUT2D eigenvalue weighted by molar-refractivity contribution is 5.92. The van der Waals surface area contributed by atoms with Crippen molar-refractivity contribution in [1.82, 2.24) is 14.5 Å². The largest absolute Gasteiger partial charge is 0.494 e. The van der Waals surface area contributed by atoms with E-state index in [0.29, 0.717) is 12.6 Å². The van der Waals surface area contributed by atoms with E-state index in [1.165, 1.54) is 36.0 Å². The van der Waals surface area contributed by atoms with Crippen LogP contribution in [-0.2, 0) is 6.54 Å². The Kier molecular flexibility index (Phi) is 4.31. The van der Waals surface area contributed by atoms with Crippen molar-refractivity contribution in [3.05, 3.63) is 66.5 Å². The zero-order chi connectivity index (χ0) is 19.8. The number of fused-ring (bicyclic) bond motifs is 1. The van der Waals surface area contributed by atoms with E-state index in [1.807, 2.05) is 18.2 Å². The lowest BCUT2D eigenvalue weighted by atomic mass is 9.93. The summed E-state index contributed by atoms with van der Waals surface area (Å²) in [6.07, 6.45) is 5.25. The van der Waals surface area contributed by atoms with Crippen molar-refractivity contribution in [2.45, 2.75) is 31.8 Å². The van der Waals surface area contributed by atoms with Gasteiger partial charge >= 0.3 is 0 Å². The van der Waals surface area contributed by atoms with Crippen LogP contribution in [0.2, 0.25) is 0 Å². The highest BCUT2D eigenvalue weighted by Gasteiger charge is 2.18. The van der Waals surface area contributed by atoms with E-state index in [4.69, 9.17) is 0 Å². The topological polar surface area (TPSA) is 83.2 Å². The van der Waals surface area contributed by atoms with Crippen molar-refractivity contribution in [1.29, 1.82) is 0 Å². The zero-order valence-corrected chi connectivity index (χ0v) is 15.9. The molecule has 1 fully saturated rings. The van der Waals surface area contributed by atoms with Crippen molar-refractivity contribution < 1.29 is 10.2 Å². The molecule has 0 bridgehead atoms. The first-order chi connectivity index (χ1) is 14.2. The number of hydrogen-bond acceptors (Lipinski definition) is 5. The van der Waals surface area contributed by atoms with Crippen LogP contribution in [0.1, 0.15) is 24.8 Å². The summed E-state index contributed by atoms with van der Waals surface area (Å²) >= 11 is 0. The first-order valence-electron chi connectivity index (χ1n) is 9.85. The quantitative estimate of drug-likeness (QED) is 0.470. The third-order valence-electron chi connectivity index (χ3n) is 5.62. The maximum absolute atomic E-state index is 9.91. The fourth-order valence-corrected chi connectivity index (χ4v) is 3.74. The van der Waals surface area contributed by atoms with Gasteiger partial charge in [-0.05, 0) is 54.2 Å². The van der Waals surface area contributed by atoms with Gasteiger partial charge in [0.1, 0.15) is 12.1 Å². The summed E-state index contributed by atoms with van der Waals surface area (Å²) in [7, 11) is 0. The Labute approximate surface area is 168 Å². The lowest BCUT2D eigenvalue weighted by Gasteiger charge is -2.27. The molecule has 29 heavy (non-hydrogen) atoms. The first kappa shape index (κ1) is 17.6. The molecule has 6 heteroatoms. The van der Waals surface area contributed by atoms with Gasteiger partial charge in [0.15, 0.2) is 11.8 Å². The van der Waals surface area contributed by atoms with E-state index < -0.39 is 0 Å². The SMILES string of the molecule is Oc1ccc(O)n1Cc1cccc(-c2ccc3ncnc(NC4CCC4)c3c2)c1. The van der Waals surface area contributed by atoms with Crippen LogP contribution in [0.5, 0.6) is 11.8 Å². The standard InChI is InChI=1S/C23H22N4O2/c28-21-9-10-22(29)27(21)13-15-3-1-4-16(11-15)17-7-8-20-19(12-17)23(25-14-24-20)26-18-5-2-6-18/h1,3-4,7-12,14,18,28-29H,2,5-6,13H2,(H,24,25,26). The van der Waals surface area contributed by atoms with Crippen molar-refractivity contribution >= 4 is 16.7 Å². The van der Waals surface area contributed by atoms with E-state index in [2.05, 4.69) is 39.6 Å². The molecule has 0 atom stereocenters. The van der Waals surface area contributed by atoms with Gasteiger partial charge in [-0.3, -0.25) is 4.57 Å². The van der Waals surface area contributed by atoms with E-state index in [9.17, 15) is 10.2 Å². The molecule has 2 aromatic carbocycles. The van der Waals surface area contributed by atoms with Crippen LogP contribution in [-0.4, -0.2) is 30.8 Å². The number of rotatable bonds is 5. The predicted molar refractivity (Wildman–Crippen MR) is 113 cm³/mol. The van der Waals surface area contributed by atoms with Crippen molar-refractivity contribution in [2.24, 2.45) is 0 Å². The molecule has 0 spiro atoms. The highest BCUT2D eigenvalue weighted by atomic mass is 16.3. The number of nitrogens with one attached hydrogen (secondary N) is 1. The first-order valence-corrected chi connectivity index (χ1v) is 9.85. The van der Waals surface area contributed by atoms with Gasteiger partial charge in [-0.1, -0.05) is 24.3 Å². The summed E-state index contributed by atoms with van der Waals surface area (Å²) in [6.45, 7) is 0.393. The van der Waals surface area contributed by atoms with Gasteiger partial charge in [0, 0.05) is 23.6 Å². The monoisotopic (exact) mass is 386 g/mol. The Bertz CT molecular complexity index is 1160. The summed E-state index contributed by atoms with van der Waals surface area (Å²) in [5.74, 6) is 0.977. The number of hydrogen-bond donors (Lipinski definition) is 3. The second kappa shape index (κ2) is 7.13. The number of anilines is 1. The number of benzene rings is 2. The van der Waals surface area contributed by atoms with Crippen LogP contribution in [0.4, 0.5) is 5.82 Å². The Morgan fingerprint density at radius 3 is 2.48 bits per heavy atom. The molecule has 0 unspecified atom stereocenters. The molecule has 0 aliphatic heterocycles. The number of nitrogens with zero attached hydrogens (tertiary/aromatic N) is 3. The van der Waals surface area contributed by atoms with E-state index in [0.717, 1.165) is 33.4 Å². The lowest BCUT2D eigenvalue weighted by Crippen LogP contribution is -2.27. The third-order valence-corrected chi connectivity index (χ3v) is 5.62. The molecule has 146 valence electrons. The van der Waals surface area contributed by atoms with Crippen LogP contribution < -0.4 is 5.32 Å². The normalized spacial score (nSPS) is 14.1.